The number of rotatable bonds is 7. The van der Waals surface area contributed by atoms with Gasteiger partial charge >= 0.3 is 13.2 Å². The fraction of sp³-hybridized carbons (Fsp3) is 0.682. The van der Waals surface area contributed by atoms with Gasteiger partial charge in [-0.3, -0.25) is 0 Å². The minimum Gasteiger partial charge on any atom is -0.444 e. The highest BCUT2D eigenvalue weighted by molar-refractivity contribution is 6.45. The van der Waals surface area contributed by atoms with Gasteiger partial charge in [-0.25, -0.2) is 4.79 Å². The number of aryl methyl sites for hydroxylation is 1. The number of benzene rings is 1. The van der Waals surface area contributed by atoms with Crippen LogP contribution >= 0.6 is 0 Å². The molecule has 0 aromatic heterocycles. The number of ether oxygens (including phenoxy) is 1. The minimum atomic E-state index is -0.505. The third-order valence-corrected chi connectivity index (χ3v) is 5.45. The van der Waals surface area contributed by atoms with Crippen LogP contribution in [0.5, 0.6) is 0 Å². The van der Waals surface area contributed by atoms with E-state index in [-0.39, 0.29) is 30.3 Å². The zero-order valence-corrected chi connectivity index (χ0v) is 18.5. The summed E-state index contributed by atoms with van der Waals surface area (Å²) in [5.74, 6) is 0.224. The topological polar surface area (TPSA) is 56.8 Å². The Balaban J connectivity index is 1.96. The molecule has 1 aromatic carbocycles. The molecular formula is C22H36BNO4. The Hall–Kier alpha value is -1.53. The van der Waals surface area contributed by atoms with Crippen LogP contribution in [0.3, 0.4) is 0 Å². The smallest absolute Gasteiger partial charge is 0.444 e. The van der Waals surface area contributed by atoms with E-state index in [9.17, 15) is 4.79 Å². The van der Waals surface area contributed by atoms with E-state index in [4.69, 9.17) is 14.0 Å². The lowest BCUT2D eigenvalue weighted by atomic mass is 9.75. The fourth-order valence-corrected chi connectivity index (χ4v) is 3.19. The molecule has 1 amide bonds. The molecule has 1 heterocycles. The van der Waals surface area contributed by atoms with Crippen LogP contribution in [0.2, 0.25) is 6.32 Å². The first-order valence-corrected chi connectivity index (χ1v) is 10.2. The van der Waals surface area contributed by atoms with Crippen molar-refractivity contribution >= 4 is 13.2 Å². The second kappa shape index (κ2) is 8.87. The molecule has 156 valence electrons. The molecule has 2 rings (SSSR count). The summed E-state index contributed by atoms with van der Waals surface area (Å²) < 4.78 is 17.7. The summed E-state index contributed by atoms with van der Waals surface area (Å²) in [5, 5.41) is 2.92. The third kappa shape index (κ3) is 6.82. The van der Waals surface area contributed by atoms with Crippen molar-refractivity contribution in [1.82, 2.24) is 5.32 Å². The fourth-order valence-electron chi connectivity index (χ4n) is 3.19. The molecule has 1 aromatic rings. The van der Waals surface area contributed by atoms with E-state index in [2.05, 4.69) is 57.3 Å². The second-order valence-electron chi connectivity index (χ2n) is 9.69. The normalized spacial score (nSPS) is 19.3. The molecular weight excluding hydrogens is 353 g/mol. The molecule has 0 radical (unpaired) electrons. The molecule has 0 unspecified atom stereocenters. The molecule has 5 nitrogen and oxygen atoms in total. The average molecular weight is 389 g/mol. The van der Waals surface area contributed by atoms with Crippen LogP contribution in [0, 0.1) is 5.92 Å². The van der Waals surface area contributed by atoms with Crippen LogP contribution in [0.4, 0.5) is 4.79 Å². The Morgan fingerprint density at radius 2 is 1.68 bits per heavy atom. The van der Waals surface area contributed by atoms with Crippen molar-refractivity contribution in [2.45, 2.75) is 84.4 Å². The first-order valence-electron chi connectivity index (χ1n) is 10.2. The van der Waals surface area contributed by atoms with Crippen LogP contribution in [-0.2, 0) is 20.5 Å². The van der Waals surface area contributed by atoms with Gasteiger partial charge in [-0.2, -0.15) is 0 Å². The molecule has 0 bridgehead atoms. The predicted octanol–water partition coefficient (Wildman–Crippen LogP) is 4.85. The Morgan fingerprint density at radius 1 is 1.11 bits per heavy atom. The van der Waals surface area contributed by atoms with Gasteiger partial charge in [0.25, 0.3) is 0 Å². The highest BCUT2D eigenvalue weighted by Gasteiger charge is 2.51. The van der Waals surface area contributed by atoms with Crippen molar-refractivity contribution in [2.24, 2.45) is 5.92 Å². The molecule has 1 atom stereocenters. The molecule has 28 heavy (non-hydrogen) atoms. The highest BCUT2D eigenvalue weighted by Crippen LogP contribution is 2.38. The van der Waals surface area contributed by atoms with E-state index in [1.54, 1.807) is 0 Å². The molecule has 6 heteroatoms. The number of hydrogen-bond donors (Lipinski definition) is 1. The molecule has 0 aliphatic carbocycles. The van der Waals surface area contributed by atoms with Gasteiger partial charge in [0.1, 0.15) is 5.60 Å². The molecule has 0 spiro atoms. The van der Waals surface area contributed by atoms with Gasteiger partial charge in [0.2, 0.25) is 0 Å². The number of amides is 1. The first kappa shape index (κ1) is 22.8. The summed E-state index contributed by atoms with van der Waals surface area (Å²) in [6.45, 7) is 14.4. The summed E-state index contributed by atoms with van der Waals surface area (Å²) in [5.41, 5.74) is 0.0919. The zero-order valence-electron chi connectivity index (χ0n) is 18.5. The first-order chi connectivity index (χ1) is 12.9. The molecule has 1 N–H and O–H groups in total. The van der Waals surface area contributed by atoms with Gasteiger partial charge in [-0.1, -0.05) is 30.3 Å². The quantitative estimate of drug-likeness (QED) is 0.677. The maximum absolute atomic E-state index is 12.1. The molecule has 0 saturated carbocycles. The standard InChI is InChI=1S/C22H36BNO4/c1-20(2,3)26-19(25)24-16-18(14-13-17-11-9-8-10-12-17)15-23-27-21(4,5)22(6,7)28-23/h8-12,18H,13-16H2,1-7H3,(H,24,25)/t18-/m1/s1. The van der Waals surface area contributed by atoms with Crippen molar-refractivity contribution in [3.8, 4) is 0 Å². The number of alkyl carbamates (subject to hydrolysis) is 1. The van der Waals surface area contributed by atoms with Crippen LogP contribution in [0.25, 0.3) is 0 Å². The lowest BCUT2D eigenvalue weighted by molar-refractivity contribution is 0.00578. The van der Waals surface area contributed by atoms with Gasteiger partial charge in [-0.15, -0.1) is 0 Å². The van der Waals surface area contributed by atoms with Gasteiger partial charge in [0.05, 0.1) is 11.2 Å². The Labute approximate surface area is 170 Å². The van der Waals surface area contributed by atoms with Gasteiger partial charge in [0, 0.05) is 6.54 Å². The Morgan fingerprint density at radius 3 is 2.21 bits per heavy atom. The number of hydrogen-bond acceptors (Lipinski definition) is 4. The van der Waals surface area contributed by atoms with E-state index >= 15 is 0 Å². The molecule has 1 fully saturated rings. The Kier molecular flexibility index (Phi) is 7.21. The second-order valence-corrected chi connectivity index (χ2v) is 9.69. The Bertz CT molecular complexity index is 624. The number of carbonyl (C=O) groups excluding carboxylic acids is 1. The van der Waals surface area contributed by atoms with E-state index in [1.807, 2.05) is 26.8 Å². The zero-order chi connectivity index (χ0) is 21.0. The molecule has 1 aliphatic rings. The van der Waals surface area contributed by atoms with Crippen LogP contribution in [0.1, 0.15) is 60.5 Å². The van der Waals surface area contributed by atoms with E-state index in [1.165, 1.54) is 5.56 Å². The van der Waals surface area contributed by atoms with Crippen LogP contribution < -0.4 is 5.32 Å². The maximum atomic E-state index is 12.1. The number of nitrogens with one attached hydrogen (secondary N) is 1. The van der Waals surface area contributed by atoms with Crippen molar-refractivity contribution in [3.05, 3.63) is 35.9 Å². The van der Waals surface area contributed by atoms with Gasteiger partial charge < -0.3 is 19.4 Å². The summed E-state index contributed by atoms with van der Waals surface area (Å²) in [4.78, 5) is 12.1. The van der Waals surface area contributed by atoms with Crippen LogP contribution in [0.15, 0.2) is 30.3 Å². The van der Waals surface area contributed by atoms with Crippen molar-refractivity contribution in [1.29, 1.82) is 0 Å². The number of carbonyl (C=O) groups is 1. The lowest BCUT2D eigenvalue weighted by Gasteiger charge is -2.32. The SMILES string of the molecule is CC(C)(C)OC(=O)NC[C@H](CCc1ccccc1)CB1OC(C)(C)C(C)(C)O1. The summed E-state index contributed by atoms with van der Waals surface area (Å²) in [7, 11) is -0.272. The van der Waals surface area contributed by atoms with E-state index < -0.39 is 5.60 Å². The van der Waals surface area contributed by atoms with E-state index in [0.29, 0.717) is 6.54 Å². The van der Waals surface area contributed by atoms with Gasteiger partial charge in [-0.05, 0) is 79.1 Å². The van der Waals surface area contributed by atoms with Gasteiger partial charge in [0.15, 0.2) is 0 Å². The van der Waals surface area contributed by atoms with Crippen molar-refractivity contribution in [2.75, 3.05) is 6.54 Å². The summed E-state index contributed by atoms with van der Waals surface area (Å²) >= 11 is 0. The van der Waals surface area contributed by atoms with E-state index in [0.717, 1.165) is 19.2 Å². The summed E-state index contributed by atoms with van der Waals surface area (Å²) in [6.07, 6.45) is 2.23. The van der Waals surface area contributed by atoms with Crippen LogP contribution in [-0.4, -0.2) is 36.6 Å². The van der Waals surface area contributed by atoms with Crippen molar-refractivity contribution < 1.29 is 18.8 Å². The third-order valence-electron chi connectivity index (χ3n) is 5.45. The minimum absolute atomic E-state index is 0.224. The molecule has 1 saturated heterocycles. The molecule has 1 aliphatic heterocycles. The monoisotopic (exact) mass is 389 g/mol. The largest absolute Gasteiger partial charge is 0.458 e. The summed E-state index contributed by atoms with van der Waals surface area (Å²) in [6, 6.07) is 10.4. The predicted molar refractivity (Wildman–Crippen MR) is 113 cm³/mol. The lowest BCUT2D eigenvalue weighted by Crippen LogP contribution is -2.41. The van der Waals surface area contributed by atoms with Crippen molar-refractivity contribution in [3.63, 3.8) is 0 Å². The maximum Gasteiger partial charge on any atom is 0.458 e. The average Bonchev–Trinajstić information content (AvgIpc) is 2.76. The highest BCUT2D eigenvalue weighted by atomic mass is 16.7.